The Kier molecular flexibility index (Phi) is 7.04. The molecule has 0 aliphatic carbocycles. The molecule has 0 aromatic heterocycles. The second kappa shape index (κ2) is 8.57. The molecule has 0 saturated heterocycles. The molecule has 194 valence electrons. The van der Waals surface area contributed by atoms with Crippen LogP contribution in [0.4, 0.5) is 0 Å². The molecule has 2 aromatic carbocycles. The molecule has 0 atom stereocenters. The van der Waals surface area contributed by atoms with Crippen LogP contribution >= 0.6 is 0 Å². The fourth-order valence-electron chi connectivity index (χ4n) is 4.58. The van der Waals surface area contributed by atoms with E-state index >= 15 is 0 Å². The first-order valence-electron chi connectivity index (χ1n) is 12.5. The summed E-state index contributed by atoms with van der Waals surface area (Å²) in [7, 11) is 0. The third kappa shape index (κ3) is 5.37. The van der Waals surface area contributed by atoms with E-state index in [0.29, 0.717) is 0 Å². The van der Waals surface area contributed by atoms with Crippen molar-refractivity contribution in [3.8, 4) is 11.5 Å². The van der Waals surface area contributed by atoms with Crippen molar-refractivity contribution in [2.24, 2.45) is 5.73 Å². The molecular formula is C31H47NO3. The van der Waals surface area contributed by atoms with Gasteiger partial charge in [0.25, 0.3) is 0 Å². The quantitative estimate of drug-likeness (QED) is 0.438. The highest BCUT2D eigenvalue weighted by molar-refractivity contribution is 5.91. The first kappa shape index (κ1) is 28.7. The SMILES string of the molecule is CC(C)(C)c1cc(C(C)(C(N)=O)c2cc(C(C)(C)C)c(O)c(C(C)(C)C)c2)cc(C(C)(C)C)c1O. The lowest BCUT2D eigenvalue weighted by atomic mass is 9.68. The molecule has 0 unspecified atom stereocenters. The van der Waals surface area contributed by atoms with Crippen molar-refractivity contribution >= 4 is 5.91 Å². The van der Waals surface area contributed by atoms with E-state index in [1.807, 2.05) is 31.2 Å². The number of hydrogen-bond donors (Lipinski definition) is 3. The van der Waals surface area contributed by atoms with Gasteiger partial charge in [-0.1, -0.05) is 107 Å². The van der Waals surface area contributed by atoms with E-state index in [2.05, 4.69) is 83.1 Å². The molecule has 0 saturated carbocycles. The summed E-state index contributed by atoms with van der Waals surface area (Å²) in [5.41, 5.74) is 8.20. The standard InChI is InChI=1S/C31H47NO3/c1-27(2,3)20-14-18(15-21(24(20)33)28(4,5)6)31(13,26(32)35)19-16-22(29(7,8)9)25(34)23(17-19)30(10,11)12/h14-17,33-34H,1-13H3,(H2,32,35). The number of carbonyl (C=O) groups excluding carboxylic acids is 1. The van der Waals surface area contributed by atoms with Crippen LogP contribution in [0.15, 0.2) is 24.3 Å². The van der Waals surface area contributed by atoms with E-state index in [-0.39, 0.29) is 33.2 Å². The van der Waals surface area contributed by atoms with Crippen molar-refractivity contribution in [2.45, 2.75) is 117 Å². The number of rotatable bonds is 3. The molecule has 0 aliphatic heterocycles. The molecule has 1 amide bonds. The van der Waals surface area contributed by atoms with Gasteiger partial charge in [0.15, 0.2) is 0 Å². The predicted octanol–water partition coefficient (Wildman–Crippen LogP) is 7.08. The third-order valence-corrected chi connectivity index (χ3v) is 7.10. The summed E-state index contributed by atoms with van der Waals surface area (Å²) < 4.78 is 0. The van der Waals surface area contributed by atoms with E-state index in [9.17, 15) is 15.0 Å². The lowest BCUT2D eigenvalue weighted by Crippen LogP contribution is -2.40. The largest absolute Gasteiger partial charge is 0.507 e. The first-order chi connectivity index (χ1) is 15.4. The number of hydrogen-bond acceptors (Lipinski definition) is 3. The Bertz CT molecular complexity index is 978. The Morgan fingerprint density at radius 2 is 0.743 bits per heavy atom. The van der Waals surface area contributed by atoms with Gasteiger partial charge in [-0.05, 0) is 62.0 Å². The van der Waals surface area contributed by atoms with Crippen LogP contribution in [0.3, 0.4) is 0 Å². The highest BCUT2D eigenvalue weighted by Crippen LogP contribution is 2.47. The molecule has 4 nitrogen and oxygen atoms in total. The Balaban J connectivity index is 3.11. The second-order valence-corrected chi connectivity index (χ2v) is 14.3. The first-order valence-corrected chi connectivity index (χ1v) is 12.5. The lowest BCUT2D eigenvalue weighted by Gasteiger charge is -2.35. The van der Waals surface area contributed by atoms with Gasteiger partial charge in [-0.15, -0.1) is 0 Å². The maximum absolute atomic E-state index is 13.3. The number of phenols is 2. The molecule has 0 radical (unpaired) electrons. The van der Waals surface area contributed by atoms with Gasteiger partial charge in [0.2, 0.25) is 5.91 Å². The molecule has 2 aromatic rings. The van der Waals surface area contributed by atoms with Gasteiger partial charge in [0, 0.05) is 0 Å². The molecule has 4 heteroatoms. The molecule has 4 N–H and O–H groups in total. The summed E-state index contributed by atoms with van der Waals surface area (Å²) in [5, 5.41) is 22.5. The highest BCUT2D eigenvalue weighted by atomic mass is 16.3. The van der Waals surface area contributed by atoms with Gasteiger partial charge in [-0.3, -0.25) is 4.79 Å². The Morgan fingerprint density at radius 1 is 0.543 bits per heavy atom. The zero-order chi connectivity index (χ0) is 27.5. The summed E-state index contributed by atoms with van der Waals surface area (Å²) >= 11 is 0. The van der Waals surface area contributed by atoms with Crippen molar-refractivity contribution < 1.29 is 15.0 Å². The van der Waals surface area contributed by atoms with Gasteiger partial charge in [-0.2, -0.15) is 0 Å². The molecule has 0 bridgehead atoms. The van der Waals surface area contributed by atoms with Crippen LogP contribution in [-0.2, 0) is 31.9 Å². The van der Waals surface area contributed by atoms with Crippen molar-refractivity contribution in [2.75, 3.05) is 0 Å². The van der Waals surface area contributed by atoms with E-state index in [1.165, 1.54) is 0 Å². The summed E-state index contributed by atoms with van der Waals surface area (Å²) in [4.78, 5) is 13.3. The van der Waals surface area contributed by atoms with Crippen LogP contribution in [0.5, 0.6) is 11.5 Å². The van der Waals surface area contributed by atoms with Crippen molar-refractivity contribution in [3.05, 3.63) is 57.6 Å². The topological polar surface area (TPSA) is 83.6 Å². The van der Waals surface area contributed by atoms with E-state index in [0.717, 1.165) is 33.4 Å². The van der Waals surface area contributed by atoms with Crippen LogP contribution < -0.4 is 5.73 Å². The Hall–Kier alpha value is -2.49. The molecule has 0 spiro atoms. The highest BCUT2D eigenvalue weighted by Gasteiger charge is 2.40. The molecular weight excluding hydrogens is 434 g/mol. The zero-order valence-corrected chi connectivity index (χ0v) is 24.2. The normalized spacial score (nSPS) is 13.7. The average Bonchev–Trinajstić information content (AvgIpc) is 2.63. The van der Waals surface area contributed by atoms with Crippen LogP contribution in [-0.4, -0.2) is 16.1 Å². The number of phenolic OH excluding ortho intramolecular Hbond substituents is 2. The fraction of sp³-hybridized carbons (Fsp3) is 0.581. The maximum Gasteiger partial charge on any atom is 0.232 e. The van der Waals surface area contributed by atoms with Gasteiger partial charge in [0.05, 0.1) is 5.41 Å². The van der Waals surface area contributed by atoms with Gasteiger partial charge in [-0.25, -0.2) is 0 Å². The van der Waals surface area contributed by atoms with Crippen molar-refractivity contribution in [1.82, 2.24) is 0 Å². The lowest BCUT2D eigenvalue weighted by molar-refractivity contribution is -0.121. The maximum atomic E-state index is 13.3. The minimum absolute atomic E-state index is 0.261. The Labute approximate surface area is 213 Å². The van der Waals surface area contributed by atoms with Crippen molar-refractivity contribution in [3.63, 3.8) is 0 Å². The van der Waals surface area contributed by atoms with Crippen LogP contribution in [0, 0.1) is 0 Å². The second-order valence-electron chi connectivity index (χ2n) is 14.3. The average molecular weight is 482 g/mol. The third-order valence-electron chi connectivity index (χ3n) is 7.10. The smallest absolute Gasteiger partial charge is 0.232 e. The van der Waals surface area contributed by atoms with Crippen LogP contribution in [0.25, 0.3) is 0 Å². The number of aromatic hydroxyl groups is 2. The summed E-state index contributed by atoms with van der Waals surface area (Å²) in [6.45, 7) is 26.5. The van der Waals surface area contributed by atoms with Gasteiger partial charge in [0.1, 0.15) is 11.5 Å². The van der Waals surface area contributed by atoms with E-state index in [4.69, 9.17) is 5.73 Å². The fourth-order valence-corrected chi connectivity index (χ4v) is 4.58. The summed E-state index contributed by atoms with van der Waals surface area (Å²) in [6.07, 6.45) is 0. The number of carbonyl (C=O) groups is 1. The zero-order valence-electron chi connectivity index (χ0n) is 24.2. The molecule has 0 heterocycles. The molecule has 0 fully saturated rings. The van der Waals surface area contributed by atoms with Gasteiger partial charge < -0.3 is 15.9 Å². The minimum Gasteiger partial charge on any atom is -0.507 e. The molecule has 2 rings (SSSR count). The van der Waals surface area contributed by atoms with Crippen molar-refractivity contribution in [1.29, 1.82) is 0 Å². The number of nitrogens with two attached hydrogens (primary N) is 1. The molecule has 35 heavy (non-hydrogen) atoms. The number of amides is 1. The van der Waals surface area contributed by atoms with Crippen LogP contribution in [0.1, 0.15) is 123 Å². The Morgan fingerprint density at radius 3 is 0.886 bits per heavy atom. The summed E-state index contributed by atoms with van der Waals surface area (Å²) in [6, 6.07) is 7.71. The number of benzene rings is 2. The number of primary amides is 1. The van der Waals surface area contributed by atoms with Gasteiger partial charge >= 0.3 is 0 Å². The van der Waals surface area contributed by atoms with Crippen LogP contribution in [0.2, 0.25) is 0 Å². The molecule has 0 aliphatic rings. The summed E-state index contributed by atoms with van der Waals surface area (Å²) in [5.74, 6) is 0.0439. The van der Waals surface area contributed by atoms with E-state index < -0.39 is 11.3 Å². The monoisotopic (exact) mass is 481 g/mol. The minimum atomic E-state index is -1.18. The predicted molar refractivity (Wildman–Crippen MR) is 147 cm³/mol. The van der Waals surface area contributed by atoms with E-state index in [1.54, 1.807) is 0 Å².